The van der Waals surface area contributed by atoms with Crippen LogP contribution in [0.3, 0.4) is 0 Å². The fraction of sp³-hybridized carbons (Fsp3) is 0.176. The van der Waals surface area contributed by atoms with Gasteiger partial charge in [-0.15, -0.1) is 0 Å². The van der Waals surface area contributed by atoms with Gasteiger partial charge in [-0.3, -0.25) is 9.59 Å². The van der Waals surface area contributed by atoms with Crippen LogP contribution in [0.25, 0.3) is 0 Å². The van der Waals surface area contributed by atoms with Crippen LogP contribution < -0.4 is 10.6 Å². The predicted octanol–water partition coefficient (Wildman–Crippen LogP) is 5.64. The molecule has 126 valence electrons. The summed E-state index contributed by atoms with van der Waals surface area (Å²) >= 11 is 18.0. The minimum absolute atomic E-state index is 0.0992. The van der Waals surface area contributed by atoms with E-state index < -0.39 is 5.91 Å². The van der Waals surface area contributed by atoms with E-state index >= 15 is 0 Å². The molecule has 4 nitrogen and oxygen atoms in total. The Morgan fingerprint density at radius 2 is 1.71 bits per heavy atom. The summed E-state index contributed by atoms with van der Waals surface area (Å²) in [6.07, 6.45) is 1.17. The number of hydrogen-bond acceptors (Lipinski definition) is 2. The predicted molar refractivity (Wildman–Crippen MR) is 99.4 cm³/mol. The van der Waals surface area contributed by atoms with Gasteiger partial charge < -0.3 is 10.6 Å². The monoisotopic (exact) mass is 384 g/mol. The molecule has 2 N–H and O–H groups in total. The van der Waals surface area contributed by atoms with Crippen molar-refractivity contribution in [2.24, 2.45) is 0 Å². The summed E-state index contributed by atoms with van der Waals surface area (Å²) in [4.78, 5) is 24.0. The first kappa shape index (κ1) is 18.6. The van der Waals surface area contributed by atoms with Crippen molar-refractivity contribution in [1.29, 1.82) is 0 Å². The second-order valence-electron chi connectivity index (χ2n) is 5.07. The van der Waals surface area contributed by atoms with E-state index in [4.69, 9.17) is 34.8 Å². The Bertz CT molecular complexity index is 778. The van der Waals surface area contributed by atoms with E-state index in [0.29, 0.717) is 27.8 Å². The van der Waals surface area contributed by atoms with Gasteiger partial charge in [-0.1, -0.05) is 41.7 Å². The topological polar surface area (TPSA) is 58.2 Å². The molecule has 0 radical (unpaired) electrons. The zero-order valence-electron chi connectivity index (χ0n) is 12.8. The number of carbonyl (C=O) groups is 2. The number of anilines is 2. The van der Waals surface area contributed by atoms with Crippen molar-refractivity contribution in [1.82, 2.24) is 0 Å². The van der Waals surface area contributed by atoms with Crippen LogP contribution in [0.5, 0.6) is 0 Å². The molecule has 0 fully saturated rings. The number of carbonyl (C=O) groups excluding carboxylic acids is 2. The lowest BCUT2D eigenvalue weighted by Crippen LogP contribution is -2.14. The van der Waals surface area contributed by atoms with Crippen molar-refractivity contribution in [2.45, 2.75) is 19.8 Å². The molecule has 0 saturated carbocycles. The standard InChI is InChI=1S/C17H15Cl3N2O2/c1-2-3-16(23)21-11-5-7-13(19)15(9-11)22-17(24)12-6-4-10(18)8-14(12)20/h4-9H,2-3H2,1H3,(H,21,23)(H,22,24). The smallest absolute Gasteiger partial charge is 0.257 e. The van der Waals surface area contributed by atoms with Gasteiger partial charge >= 0.3 is 0 Å². The maximum absolute atomic E-state index is 12.3. The summed E-state index contributed by atoms with van der Waals surface area (Å²) < 4.78 is 0. The van der Waals surface area contributed by atoms with Crippen LogP contribution in [0.15, 0.2) is 36.4 Å². The number of halogens is 3. The van der Waals surface area contributed by atoms with E-state index in [0.717, 1.165) is 6.42 Å². The highest BCUT2D eigenvalue weighted by atomic mass is 35.5. The number of amides is 2. The Labute approximate surface area is 155 Å². The molecule has 0 aliphatic heterocycles. The van der Waals surface area contributed by atoms with Gasteiger partial charge in [0.05, 0.1) is 21.3 Å². The fourth-order valence-corrected chi connectivity index (χ4v) is 2.67. The Morgan fingerprint density at radius 1 is 0.958 bits per heavy atom. The van der Waals surface area contributed by atoms with Gasteiger partial charge in [0.2, 0.25) is 5.91 Å². The zero-order valence-corrected chi connectivity index (χ0v) is 15.1. The molecule has 0 aliphatic rings. The van der Waals surface area contributed by atoms with Crippen LogP contribution in [0, 0.1) is 0 Å². The Hall–Kier alpha value is -1.75. The summed E-state index contributed by atoms with van der Waals surface area (Å²) in [5.74, 6) is -0.520. The lowest BCUT2D eigenvalue weighted by atomic mass is 10.2. The maximum Gasteiger partial charge on any atom is 0.257 e. The van der Waals surface area contributed by atoms with Gasteiger partial charge in [0.15, 0.2) is 0 Å². The van der Waals surface area contributed by atoms with Crippen molar-refractivity contribution < 1.29 is 9.59 Å². The molecule has 2 rings (SSSR count). The van der Waals surface area contributed by atoms with Crippen molar-refractivity contribution in [3.63, 3.8) is 0 Å². The SMILES string of the molecule is CCCC(=O)Nc1ccc(Cl)c(NC(=O)c2ccc(Cl)cc2Cl)c1. The molecule has 24 heavy (non-hydrogen) atoms. The van der Waals surface area contributed by atoms with E-state index in [-0.39, 0.29) is 16.5 Å². The van der Waals surface area contributed by atoms with Gasteiger partial charge in [0.25, 0.3) is 5.91 Å². The molecule has 0 spiro atoms. The number of nitrogens with one attached hydrogen (secondary N) is 2. The number of benzene rings is 2. The van der Waals surface area contributed by atoms with Crippen molar-refractivity contribution in [3.05, 3.63) is 57.0 Å². The van der Waals surface area contributed by atoms with Crippen LogP contribution in [-0.4, -0.2) is 11.8 Å². The fourth-order valence-electron chi connectivity index (χ4n) is 2.01. The molecule has 0 aliphatic carbocycles. The van der Waals surface area contributed by atoms with E-state index in [2.05, 4.69) is 10.6 Å². The Kier molecular flexibility index (Phi) is 6.49. The average Bonchev–Trinajstić information content (AvgIpc) is 2.50. The van der Waals surface area contributed by atoms with E-state index in [1.807, 2.05) is 6.92 Å². The molecular formula is C17H15Cl3N2O2. The van der Waals surface area contributed by atoms with Gasteiger partial charge in [-0.2, -0.15) is 0 Å². The lowest BCUT2D eigenvalue weighted by molar-refractivity contribution is -0.116. The molecular weight excluding hydrogens is 371 g/mol. The van der Waals surface area contributed by atoms with Crippen LogP contribution in [0.1, 0.15) is 30.1 Å². The Balaban J connectivity index is 2.19. The molecule has 7 heteroatoms. The summed E-state index contributed by atoms with van der Waals surface area (Å²) in [6.45, 7) is 1.92. The van der Waals surface area contributed by atoms with Crippen LogP contribution >= 0.6 is 34.8 Å². The van der Waals surface area contributed by atoms with Gasteiger partial charge in [0.1, 0.15) is 0 Å². The zero-order chi connectivity index (χ0) is 17.7. The molecule has 2 aromatic rings. The molecule has 2 amide bonds. The second-order valence-corrected chi connectivity index (χ2v) is 6.32. The summed E-state index contributed by atoms with van der Waals surface area (Å²) in [6, 6.07) is 9.45. The molecule has 0 atom stereocenters. The highest BCUT2D eigenvalue weighted by Gasteiger charge is 2.13. The third-order valence-corrected chi connectivity index (χ3v) is 4.03. The summed E-state index contributed by atoms with van der Waals surface area (Å²) in [7, 11) is 0. The van der Waals surface area contributed by atoms with E-state index in [9.17, 15) is 9.59 Å². The lowest BCUT2D eigenvalue weighted by Gasteiger charge is -2.11. The number of hydrogen-bond donors (Lipinski definition) is 2. The first-order chi connectivity index (χ1) is 11.4. The van der Waals surface area contributed by atoms with Crippen LogP contribution in [0.2, 0.25) is 15.1 Å². The van der Waals surface area contributed by atoms with Gasteiger partial charge in [0, 0.05) is 17.1 Å². The summed E-state index contributed by atoms with van der Waals surface area (Å²) in [5.41, 5.74) is 1.20. The minimum Gasteiger partial charge on any atom is -0.326 e. The molecule has 0 heterocycles. The highest BCUT2D eigenvalue weighted by Crippen LogP contribution is 2.28. The quantitative estimate of drug-likeness (QED) is 0.700. The van der Waals surface area contributed by atoms with Crippen molar-refractivity contribution >= 4 is 58.0 Å². The third-order valence-electron chi connectivity index (χ3n) is 3.15. The summed E-state index contributed by atoms with van der Waals surface area (Å²) in [5, 5.41) is 6.46. The first-order valence-electron chi connectivity index (χ1n) is 7.26. The van der Waals surface area contributed by atoms with Gasteiger partial charge in [-0.05, 0) is 42.8 Å². The second kappa shape index (κ2) is 8.38. The minimum atomic E-state index is -0.421. The average molecular weight is 386 g/mol. The van der Waals surface area contributed by atoms with Crippen LogP contribution in [0.4, 0.5) is 11.4 Å². The molecule has 0 bridgehead atoms. The molecule has 0 aromatic heterocycles. The Morgan fingerprint density at radius 3 is 2.38 bits per heavy atom. The number of rotatable bonds is 5. The normalized spacial score (nSPS) is 10.3. The first-order valence-corrected chi connectivity index (χ1v) is 8.40. The van der Waals surface area contributed by atoms with Crippen molar-refractivity contribution in [2.75, 3.05) is 10.6 Å². The van der Waals surface area contributed by atoms with Crippen LogP contribution in [-0.2, 0) is 4.79 Å². The maximum atomic E-state index is 12.3. The molecule has 0 unspecified atom stereocenters. The third kappa shape index (κ3) is 4.87. The van der Waals surface area contributed by atoms with E-state index in [1.54, 1.807) is 24.3 Å². The largest absolute Gasteiger partial charge is 0.326 e. The molecule has 2 aromatic carbocycles. The van der Waals surface area contributed by atoms with Gasteiger partial charge in [-0.25, -0.2) is 0 Å². The highest BCUT2D eigenvalue weighted by molar-refractivity contribution is 6.37. The van der Waals surface area contributed by atoms with E-state index in [1.165, 1.54) is 12.1 Å². The molecule has 0 saturated heterocycles. The van der Waals surface area contributed by atoms with Crippen molar-refractivity contribution in [3.8, 4) is 0 Å².